The standard InChI is InChI=1S/C10H20N2O2/c1-10(4-6-14-8-10)7-12-9(13)3-5-11-2/h11H,3-8H2,1-2H3,(H,12,13). The van der Waals surface area contributed by atoms with E-state index in [0.717, 1.165) is 32.7 Å². The molecule has 0 aliphatic carbocycles. The average molecular weight is 200 g/mol. The van der Waals surface area contributed by atoms with Gasteiger partial charge < -0.3 is 15.4 Å². The fraction of sp³-hybridized carbons (Fsp3) is 0.900. The Morgan fingerprint density at radius 2 is 2.36 bits per heavy atom. The normalized spacial score (nSPS) is 26.4. The lowest BCUT2D eigenvalue weighted by Crippen LogP contribution is -2.36. The maximum Gasteiger partial charge on any atom is 0.221 e. The molecule has 4 nitrogen and oxygen atoms in total. The van der Waals surface area contributed by atoms with Gasteiger partial charge in [-0.15, -0.1) is 0 Å². The second-order valence-corrected chi connectivity index (χ2v) is 4.24. The SMILES string of the molecule is CNCCC(=O)NCC1(C)CCOC1. The van der Waals surface area contributed by atoms with Crippen molar-refractivity contribution in [1.29, 1.82) is 0 Å². The number of hydrogen-bond donors (Lipinski definition) is 2. The molecule has 1 fully saturated rings. The minimum absolute atomic E-state index is 0.118. The van der Waals surface area contributed by atoms with Crippen molar-refractivity contribution in [2.24, 2.45) is 5.41 Å². The third-order valence-electron chi connectivity index (χ3n) is 2.61. The molecular weight excluding hydrogens is 180 g/mol. The van der Waals surface area contributed by atoms with Crippen molar-refractivity contribution in [3.8, 4) is 0 Å². The van der Waals surface area contributed by atoms with Crippen LogP contribution in [0.4, 0.5) is 0 Å². The molecule has 0 saturated carbocycles. The smallest absolute Gasteiger partial charge is 0.221 e. The first-order chi connectivity index (χ1) is 6.66. The van der Waals surface area contributed by atoms with Crippen LogP contribution < -0.4 is 10.6 Å². The lowest BCUT2D eigenvalue weighted by Gasteiger charge is -2.21. The Labute approximate surface area is 85.4 Å². The zero-order valence-corrected chi connectivity index (χ0v) is 9.06. The lowest BCUT2D eigenvalue weighted by atomic mass is 9.90. The maximum atomic E-state index is 11.3. The van der Waals surface area contributed by atoms with Gasteiger partial charge in [-0.3, -0.25) is 4.79 Å². The maximum absolute atomic E-state index is 11.3. The summed E-state index contributed by atoms with van der Waals surface area (Å²) in [5.74, 6) is 0.118. The molecule has 0 aromatic heterocycles. The lowest BCUT2D eigenvalue weighted by molar-refractivity contribution is -0.121. The Morgan fingerprint density at radius 1 is 1.57 bits per heavy atom. The quantitative estimate of drug-likeness (QED) is 0.663. The molecule has 0 aromatic rings. The van der Waals surface area contributed by atoms with E-state index in [1.54, 1.807) is 0 Å². The monoisotopic (exact) mass is 200 g/mol. The van der Waals surface area contributed by atoms with Gasteiger partial charge in [0, 0.05) is 31.5 Å². The van der Waals surface area contributed by atoms with E-state index in [4.69, 9.17) is 4.74 Å². The Balaban J connectivity index is 2.15. The van der Waals surface area contributed by atoms with Crippen molar-refractivity contribution in [2.75, 3.05) is 33.4 Å². The van der Waals surface area contributed by atoms with Gasteiger partial charge in [-0.25, -0.2) is 0 Å². The third-order valence-corrected chi connectivity index (χ3v) is 2.61. The first kappa shape index (κ1) is 11.5. The predicted molar refractivity (Wildman–Crippen MR) is 55.1 cm³/mol. The molecule has 14 heavy (non-hydrogen) atoms. The zero-order valence-electron chi connectivity index (χ0n) is 9.06. The number of amides is 1. The molecule has 4 heteroatoms. The van der Waals surface area contributed by atoms with E-state index in [-0.39, 0.29) is 11.3 Å². The van der Waals surface area contributed by atoms with Crippen LogP contribution in [0.1, 0.15) is 19.8 Å². The molecule has 82 valence electrons. The van der Waals surface area contributed by atoms with Gasteiger partial charge in [0.25, 0.3) is 0 Å². The number of carbonyl (C=O) groups is 1. The zero-order chi connectivity index (χ0) is 10.4. The van der Waals surface area contributed by atoms with Crippen molar-refractivity contribution in [2.45, 2.75) is 19.8 Å². The van der Waals surface area contributed by atoms with Crippen LogP contribution in [-0.2, 0) is 9.53 Å². The van der Waals surface area contributed by atoms with Crippen LogP contribution in [0, 0.1) is 5.41 Å². The molecule has 0 radical (unpaired) electrons. The average Bonchev–Trinajstić information content (AvgIpc) is 2.60. The van der Waals surface area contributed by atoms with Gasteiger partial charge in [-0.2, -0.15) is 0 Å². The van der Waals surface area contributed by atoms with Crippen molar-refractivity contribution < 1.29 is 9.53 Å². The summed E-state index contributed by atoms with van der Waals surface area (Å²) in [6.07, 6.45) is 1.59. The summed E-state index contributed by atoms with van der Waals surface area (Å²) >= 11 is 0. The molecule has 2 N–H and O–H groups in total. The Hall–Kier alpha value is -0.610. The summed E-state index contributed by atoms with van der Waals surface area (Å²) in [5.41, 5.74) is 0.148. The second-order valence-electron chi connectivity index (χ2n) is 4.24. The van der Waals surface area contributed by atoms with Crippen molar-refractivity contribution in [1.82, 2.24) is 10.6 Å². The highest BCUT2D eigenvalue weighted by molar-refractivity contribution is 5.76. The highest BCUT2D eigenvalue weighted by Gasteiger charge is 2.29. The highest BCUT2D eigenvalue weighted by atomic mass is 16.5. The summed E-state index contributed by atoms with van der Waals surface area (Å²) in [4.78, 5) is 11.3. The molecule has 1 heterocycles. The first-order valence-corrected chi connectivity index (χ1v) is 5.15. The fourth-order valence-electron chi connectivity index (χ4n) is 1.49. The molecule has 1 rings (SSSR count). The van der Waals surface area contributed by atoms with Gasteiger partial charge in [0.15, 0.2) is 0 Å². The Kier molecular flexibility index (Phi) is 4.35. The first-order valence-electron chi connectivity index (χ1n) is 5.15. The Morgan fingerprint density at radius 3 is 2.93 bits per heavy atom. The minimum Gasteiger partial charge on any atom is -0.381 e. The Bertz CT molecular complexity index is 189. The molecule has 1 unspecified atom stereocenters. The van der Waals surface area contributed by atoms with E-state index in [9.17, 15) is 4.79 Å². The van der Waals surface area contributed by atoms with E-state index in [1.807, 2.05) is 7.05 Å². The summed E-state index contributed by atoms with van der Waals surface area (Å²) in [6.45, 7) is 5.20. The van der Waals surface area contributed by atoms with Crippen molar-refractivity contribution in [3.63, 3.8) is 0 Å². The van der Waals surface area contributed by atoms with E-state index in [1.165, 1.54) is 0 Å². The van der Waals surface area contributed by atoms with E-state index in [0.29, 0.717) is 6.42 Å². The molecule has 1 aliphatic rings. The topological polar surface area (TPSA) is 50.4 Å². The highest BCUT2D eigenvalue weighted by Crippen LogP contribution is 2.26. The summed E-state index contributed by atoms with van der Waals surface area (Å²) < 4.78 is 5.31. The number of hydrogen-bond acceptors (Lipinski definition) is 3. The summed E-state index contributed by atoms with van der Waals surface area (Å²) in [7, 11) is 1.85. The largest absolute Gasteiger partial charge is 0.381 e. The molecule has 1 atom stereocenters. The van der Waals surface area contributed by atoms with E-state index < -0.39 is 0 Å². The van der Waals surface area contributed by atoms with Crippen LogP contribution in [0.15, 0.2) is 0 Å². The summed E-state index contributed by atoms with van der Waals surface area (Å²) in [5, 5.41) is 5.89. The number of nitrogens with one attached hydrogen (secondary N) is 2. The van der Waals surface area contributed by atoms with Gasteiger partial charge in [0.1, 0.15) is 0 Å². The van der Waals surface area contributed by atoms with E-state index in [2.05, 4.69) is 17.6 Å². The number of ether oxygens (including phenoxy) is 1. The molecule has 1 aliphatic heterocycles. The fourth-order valence-corrected chi connectivity index (χ4v) is 1.49. The molecule has 0 aromatic carbocycles. The number of rotatable bonds is 5. The van der Waals surface area contributed by atoms with Crippen molar-refractivity contribution in [3.05, 3.63) is 0 Å². The molecule has 1 saturated heterocycles. The van der Waals surface area contributed by atoms with Crippen LogP contribution >= 0.6 is 0 Å². The summed E-state index contributed by atoms with van der Waals surface area (Å²) in [6, 6.07) is 0. The van der Waals surface area contributed by atoms with Gasteiger partial charge in [0.2, 0.25) is 5.91 Å². The number of carbonyl (C=O) groups excluding carboxylic acids is 1. The second kappa shape index (κ2) is 5.32. The van der Waals surface area contributed by atoms with Gasteiger partial charge in [-0.05, 0) is 13.5 Å². The van der Waals surface area contributed by atoms with Gasteiger partial charge in [0.05, 0.1) is 6.61 Å². The third kappa shape index (κ3) is 3.64. The van der Waals surface area contributed by atoms with Gasteiger partial charge in [-0.1, -0.05) is 6.92 Å². The molecular formula is C10H20N2O2. The molecule has 1 amide bonds. The molecule has 0 spiro atoms. The predicted octanol–water partition coefficient (Wildman–Crippen LogP) is 0.139. The molecule has 0 bridgehead atoms. The van der Waals surface area contributed by atoms with Crippen LogP contribution in [-0.4, -0.2) is 39.3 Å². The van der Waals surface area contributed by atoms with Gasteiger partial charge >= 0.3 is 0 Å². The minimum atomic E-state index is 0.118. The van der Waals surface area contributed by atoms with Crippen molar-refractivity contribution >= 4 is 5.91 Å². The van der Waals surface area contributed by atoms with Crippen LogP contribution in [0.3, 0.4) is 0 Å². The van der Waals surface area contributed by atoms with Crippen LogP contribution in [0.25, 0.3) is 0 Å². The van der Waals surface area contributed by atoms with Crippen LogP contribution in [0.5, 0.6) is 0 Å². The van der Waals surface area contributed by atoms with Crippen LogP contribution in [0.2, 0.25) is 0 Å². The van der Waals surface area contributed by atoms with E-state index >= 15 is 0 Å².